The molecule has 0 aliphatic heterocycles. The van der Waals surface area contributed by atoms with E-state index in [1.807, 2.05) is 29.0 Å². The number of nitrogens with zero attached hydrogens (tertiary/aromatic N) is 2. The van der Waals surface area contributed by atoms with E-state index >= 15 is 0 Å². The van der Waals surface area contributed by atoms with E-state index in [1.54, 1.807) is 6.33 Å². The van der Waals surface area contributed by atoms with Crippen molar-refractivity contribution < 1.29 is 4.79 Å². The molecule has 2 aliphatic rings. The van der Waals surface area contributed by atoms with Gasteiger partial charge in [-0.05, 0) is 48.0 Å². The molecule has 2 aliphatic carbocycles. The molecule has 2 bridgehead atoms. The van der Waals surface area contributed by atoms with E-state index in [1.165, 1.54) is 18.4 Å². The third-order valence-corrected chi connectivity index (χ3v) is 7.15. The molecule has 0 spiro atoms. The number of nitrogens with one attached hydrogen (secondary N) is 1. The molecule has 2 aromatic rings. The first-order chi connectivity index (χ1) is 13.4. The van der Waals surface area contributed by atoms with Crippen molar-refractivity contribution in [1.82, 2.24) is 14.9 Å². The fraction of sp³-hybridized carbons (Fsp3) is 0.565. The normalized spacial score (nSPS) is 30.0. The Kier molecular flexibility index (Phi) is 5.04. The molecule has 1 aromatic heterocycles. The van der Waals surface area contributed by atoms with Crippen molar-refractivity contribution in [2.75, 3.05) is 0 Å². The lowest BCUT2D eigenvalue weighted by molar-refractivity contribution is -0.124. The van der Waals surface area contributed by atoms with Crippen molar-refractivity contribution in [3.8, 4) is 0 Å². The Morgan fingerprint density at radius 3 is 2.79 bits per heavy atom. The summed E-state index contributed by atoms with van der Waals surface area (Å²) in [6, 6.07) is 9.70. The molecule has 28 heavy (non-hydrogen) atoms. The molecule has 1 amide bonds. The van der Waals surface area contributed by atoms with Crippen molar-refractivity contribution in [2.24, 2.45) is 28.9 Å². The average molecular weight is 381 g/mol. The summed E-state index contributed by atoms with van der Waals surface area (Å²) in [6.07, 6.45) is 7.22. The predicted molar refractivity (Wildman–Crippen MR) is 110 cm³/mol. The van der Waals surface area contributed by atoms with Crippen molar-refractivity contribution in [3.63, 3.8) is 0 Å². The van der Waals surface area contributed by atoms with E-state index in [4.69, 9.17) is 5.73 Å². The summed E-state index contributed by atoms with van der Waals surface area (Å²) >= 11 is 0. The van der Waals surface area contributed by atoms with Gasteiger partial charge in [-0.3, -0.25) is 4.79 Å². The Hall–Kier alpha value is -2.14. The van der Waals surface area contributed by atoms with E-state index in [2.05, 4.69) is 43.2 Å². The van der Waals surface area contributed by atoms with E-state index in [0.29, 0.717) is 17.5 Å². The van der Waals surface area contributed by atoms with Crippen molar-refractivity contribution >= 4 is 5.91 Å². The molecule has 3 N–H and O–H groups in total. The van der Waals surface area contributed by atoms with Gasteiger partial charge in [-0.2, -0.15) is 0 Å². The zero-order chi connectivity index (χ0) is 19.9. The lowest BCUT2D eigenvalue weighted by atomic mass is 9.73. The molecule has 5 heteroatoms. The summed E-state index contributed by atoms with van der Waals surface area (Å²) < 4.78 is 1.98. The summed E-state index contributed by atoms with van der Waals surface area (Å²) in [4.78, 5) is 17.3. The summed E-state index contributed by atoms with van der Waals surface area (Å²) in [7, 11) is 0. The molecule has 5 nitrogen and oxygen atoms in total. The van der Waals surface area contributed by atoms with Crippen LogP contribution in [0.25, 0.3) is 0 Å². The summed E-state index contributed by atoms with van der Waals surface area (Å²) in [5, 5.41) is 3.28. The number of imidazole rings is 1. The Bertz CT molecular complexity index is 830. The molecular formula is C23H32N4O. The minimum absolute atomic E-state index is 0.105. The van der Waals surface area contributed by atoms with Crippen LogP contribution in [0.15, 0.2) is 42.9 Å². The highest BCUT2D eigenvalue weighted by Crippen LogP contribution is 2.60. The molecule has 2 fully saturated rings. The van der Waals surface area contributed by atoms with Gasteiger partial charge in [0, 0.05) is 18.8 Å². The van der Waals surface area contributed by atoms with Crippen molar-refractivity contribution in [2.45, 2.75) is 58.7 Å². The highest BCUT2D eigenvalue weighted by Gasteiger charge is 2.57. The van der Waals surface area contributed by atoms with Crippen LogP contribution in [-0.2, 0) is 11.3 Å². The van der Waals surface area contributed by atoms with Crippen molar-refractivity contribution in [1.29, 1.82) is 0 Å². The van der Waals surface area contributed by atoms with Gasteiger partial charge in [0.2, 0.25) is 5.91 Å². The number of fused-ring (bicyclic) bond motifs is 2. The third-order valence-electron chi connectivity index (χ3n) is 7.15. The van der Waals surface area contributed by atoms with Gasteiger partial charge >= 0.3 is 0 Å². The number of carbonyl (C=O) groups excluding carboxylic acids is 1. The van der Waals surface area contributed by atoms with Gasteiger partial charge in [0.25, 0.3) is 0 Å². The molecule has 3 unspecified atom stereocenters. The fourth-order valence-corrected chi connectivity index (χ4v) is 5.97. The van der Waals surface area contributed by atoms with Gasteiger partial charge in [-0.15, -0.1) is 0 Å². The molecule has 2 saturated carbocycles. The first-order valence-electron chi connectivity index (χ1n) is 10.5. The van der Waals surface area contributed by atoms with Crippen LogP contribution in [-0.4, -0.2) is 21.5 Å². The second-order valence-electron chi connectivity index (χ2n) is 9.31. The Labute approximate surface area is 167 Å². The third kappa shape index (κ3) is 3.37. The minimum Gasteiger partial charge on any atom is -0.351 e. The van der Waals surface area contributed by atoms with Crippen LogP contribution in [0.1, 0.15) is 57.3 Å². The fourth-order valence-electron chi connectivity index (χ4n) is 5.97. The highest BCUT2D eigenvalue weighted by molar-refractivity contribution is 5.82. The first-order valence-corrected chi connectivity index (χ1v) is 10.5. The Morgan fingerprint density at radius 2 is 2.11 bits per heavy atom. The van der Waals surface area contributed by atoms with E-state index in [0.717, 1.165) is 18.9 Å². The highest BCUT2D eigenvalue weighted by atomic mass is 16.2. The van der Waals surface area contributed by atoms with Crippen LogP contribution in [0.5, 0.6) is 0 Å². The second kappa shape index (κ2) is 7.36. The maximum Gasteiger partial charge on any atom is 0.243 e. The van der Waals surface area contributed by atoms with Crippen LogP contribution in [0.3, 0.4) is 0 Å². The SMILES string of the molecule is CC(C)[C@@H]1C2CCC1(C)[C@@H](NC(=O)C(N)c1cn(Cc3ccccc3)cn1)C2. The number of hydrogen-bond acceptors (Lipinski definition) is 3. The standard InChI is InChI=1S/C23H32N4O/c1-15(2)20-17-9-10-23(20,3)19(11-17)26-22(28)21(24)18-13-27(14-25-18)12-16-7-5-4-6-8-16/h4-8,13-15,17,19-21H,9-12,24H2,1-3H3,(H,26,28)/t17?,19-,20+,21?,23?/m0/s1. The van der Waals surface area contributed by atoms with E-state index < -0.39 is 6.04 Å². The largest absolute Gasteiger partial charge is 0.351 e. The number of nitrogens with two attached hydrogens (primary N) is 1. The number of hydrogen-bond donors (Lipinski definition) is 2. The smallest absolute Gasteiger partial charge is 0.243 e. The number of carbonyl (C=O) groups is 1. The quantitative estimate of drug-likeness (QED) is 0.805. The second-order valence-corrected chi connectivity index (χ2v) is 9.31. The Morgan fingerprint density at radius 1 is 1.36 bits per heavy atom. The molecule has 150 valence electrons. The van der Waals surface area contributed by atoms with Crippen LogP contribution in [0.4, 0.5) is 0 Å². The van der Waals surface area contributed by atoms with Crippen LogP contribution in [0.2, 0.25) is 0 Å². The van der Waals surface area contributed by atoms with E-state index in [-0.39, 0.29) is 17.4 Å². The van der Waals surface area contributed by atoms with Gasteiger partial charge in [-0.25, -0.2) is 4.98 Å². The van der Waals surface area contributed by atoms with Crippen molar-refractivity contribution in [3.05, 3.63) is 54.1 Å². The monoisotopic (exact) mass is 380 g/mol. The van der Waals surface area contributed by atoms with Gasteiger partial charge in [-0.1, -0.05) is 51.1 Å². The average Bonchev–Trinajstić information content (AvgIpc) is 3.33. The number of benzene rings is 1. The summed E-state index contributed by atoms with van der Waals surface area (Å²) in [5.74, 6) is 1.98. The summed E-state index contributed by atoms with van der Waals surface area (Å²) in [5.41, 5.74) is 8.29. The molecule has 5 atom stereocenters. The maximum absolute atomic E-state index is 12.9. The number of amides is 1. The molecule has 0 radical (unpaired) electrons. The topological polar surface area (TPSA) is 72.9 Å². The van der Waals surface area contributed by atoms with Crippen LogP contribution >= 0.6 is 0 Å². The maximum atomic E-state index is 12.9. The lowest BCUT2D eigenvalue weighted by Crippen LogP contribution is -2.48. The van der Waals surface area contributed by atoms with Gasteiger partial charge in [0.1, 0.15) is 6.04 Å². The Balaban J connectivity index is 1.41. The lowest BCUT2D eigenvalue weighted by Gasteiger charge is -2.37. The van der Waals surface area contributed by atoms with Gasteiger partial charge in [0.05, 0.1) is 12.0 Å². The summed E-state index contributed by atoms with van der Waals surface area (Å²) in [6.45, 7) is 7.71. The predicted octanol–water partition coefficient (Wildman–Crippen LogP) is 3.51. The number of aromatic nitrogens is 2. The minimum atomic E-state index is -0.725. The zero-order valence-corrected chi connectivity index (χ0v) is 17.1. The van der Waals surface area contributed by atoms with Crippen LogP contribution in [0, 0.1) is 23.2 Å². The molecule has 1 aromatic carbocycles. The zero-order valence-electron chi connectivity index (χ0n) is 17.1. The molecule has 0 saturated heterocycles. The molecule has 1 heterocycles. The van der Waals surface area contributed by atoms with Gasteiger partial charge < -0.3 is 15.6 Å². The van der Waals surface area contributed by atoms with Crippen LogP contribution < -0.4 is 11.1 Å². The molecular weight excluding hydrogens is 348 g/mol. The van der Waals surface area contributed by atoms with E-state index in [9.17, 15) is 4.79 Å². The molecule has 4 rings (SSSR count). The number of rotatable bonds is 6. The first kappa shape index (κ1) is 19.2. The van der Waals surface area contributed by atoms with Gasteiger partial charge in [0.15, 0.2) is 0 Å².